The highest BCUT2D eigenvalue weighted by Crippen LogP contribution is 2.38. The van der Waals surface area contributed by atoms with Crippen LogP contribution in [-0.4, -0.2) is 11.1 Å². The van der Waals surface area contributed by atoms with Gasteiger partial charge in [-0.3, -0.25) is 4.79 Å². The minimum atomic E-state index is -0.846. The first kappa shape index (κ1) is 12.5. The van der Waals surface area contributed by atoms with Crippen LogP contribution >= 0.6 is 22.6 Å². The number of aliphatic carboxylic acids is 1. The van der Waals surface area contributed by atoms with Gasteiger partial charge in [0.2, 0.25) is 0 Å². The molecule has 0 unspecified atom stereocenters. The van der Waals surface area contributed by atoms with Crippen LogP contribution in [0.25, 0.3) is 0 Å². The predicted octanol–water partition coefficient (Wildman–Crippen LogP) is 3.40. The molecule has 4 heteroatoms. The largest absolute Gasteiger partial charge is 0.489 e. The number of hydrogen-bond donors (Lipinski definition) is 1. The average Bonchev–Trinajstić information content (AvgIpc) is 2.54. The second-order valence-electron chi connectivity index (χ2n) is 4.44. The standard InChI is InChI=1S/C15H11IO3/c16-10-5-6-13-12(7-10)14(15(17)18)11-4-2-1-3-9(11)8-19-13/h1-7,14H,8H2,(H,17,18)/t14-/m1/s1. The third kappa shape index (κ3) is 2.20. The molecule has 0 fully saturated rings. The van der Waals surface area contributed by atoms with Crippen LogP contribution in [0.5, 0.6) is 5.75 Å². The summed E-state index contributed by atoms with van der Waals surface area (Å²) in [6.07, 6.45) is 0. The second kappa shape index (κ2) is 4.85. The molecular weight excluding hydrogens is 355 g/mol. The quantitative estimate of drug-likeness (QED) is 0.787. The fraction of sp³-hybridized carbons (Fsp3) is 0.133. The molecule has 1 aliphatic rings. The van der Waals surface area contributed by atoms with E-state index in [1.165, 1.54) is 0 Å². The lowest BCUT2D eigenvalue weighted by atomic mass is 9.88. The zero-order chi connectivity index (χ0) is 13.4. The number of ether oxygens (including phenoxy) is 1. The number of hydrogen-bond acceptors (Lipinski definition) is 2. The summed E-state index contributed by atoms with van der Waals surface area (Å²) < 4.78 is 6.75. The molecule has 0 saturated heterocycles. The molecule has 2 aromatic carbocycles. The van der Waals surface area contributed by atoms with Gasteiger partial charge in [0.25, 0.3) is 0 Å². The van der Waals surface area contributed by atoms with Gasteiger partial charge in [0, 0.05) is 9.13 Å². The maximum Gasteiger partial charge on any atom is 0.315 e. The van der Waals surface area contributed by atoms with Gasteiger partial charge in [-0.05, 0) is 51.9 Å². The Hall–Kier alpha value is -1.56. The molecule has 0 saturated carbocycles. The van der Waals surface area contributed by atoms with Crippen molar-refractivity contribution in [1.82, 2.24) is 0 Å². The lowest BCUT2D eigenvalue weighted by Crippen LogP contribution is -2.13. The highest BCUT2D eigenvalue weighted by molar-refractivity contribution is 14.1. The van der Waals surface area contributed by atoms with Crippen molar-refractivity contribution in [3.63, 3.8) is 0 Å². The maximum absolute atomic E-state index is 11.7. The second-order valence-corrected chi connectivity index (χ2v) is 5.69. The SMILES string of the molecule is O=C(O)[C@@H]1c2ccccc2COc2ccc(I)cc21. The van der Waals surface area contributed by atoms with E-state index in [-0.39, 0.29) is 0 Å². The molecule has 0 aliphatic carbocycles. The van der Waals surface area contributed by atoms with E-state index in [4.69, 9.17) is 4.74 Å². The number of carboxylic acids is 1. The van der Waals surface area contributed by atoms with Crippen LogP contribution in [0.15, 0.2) is 42.5 Å². The Balaban J connectivity index is 2.25. The number of benzene rings is 2. The smallest absolute Gasteiger partial charge is 0.315 e. The molecule has 0 radical (unpaired) electrons. The Labute approximate surface area is 124 Å². The summed E-state index contributed by atoms with van der Waals surface area (Å²) in [5.41, 5.74) is 2.47. The monoisotopic (exact) mass is 366 g/mol. The van der Waals surface area contributed by atoms with E-state index in [1.54, 1.807) is 0 Å². The minimum Gasteiger partial charge on any atom is -0.489 e. The van der Waals surface area contributed by atoms with E-state index in [0.29, 0.717) is 12.4 Å². The molecule has 0 bridgehead atoms. The zero-order valence-corrected chi connectivity index (χ0v) is 12.1. The Kier molecular flexibility index (Phi) is 3.18. The van der Waals surface area contributed by atoms with Crippen molar-refractivity contribution in [2.24, 2.45) is 0 Å². The summed E-state index contributed by atoms with van der Waals surface area (Å²) in [6, 6.07) is 13.2. The lowest BCUT2D eigenvalue weighted by molar-refractivity contribution is -0.137. The van der Waals surface area contributed by atoms with Crippen molar-refractivity contribution < 1.29 is 14.6 Å². The molecule has 0 spiro atoms. The average molecular weight is 366 g/mol. The molecule has 2 aromatic rings. The fourth-order valence-electron chi connectivity index (χ4n) is 2.41. The molecule has 0 aromatic heterocycles. The molecule has 1 atom stereocenters. The third-order valence-electron chi connectivity index (χ3n) is 3.28. The highest BCUT2D eigenvalue weighted by Gasteiger charge is 2.30. The van der Waals surface area contributed by atoms with Crippen molar-refractivity contribution in [3.8, 4) is 5.75 Å². The van der Waals surface area contributed by atoms with Crippen LogP contribution in [-0.2, 0) is 11.4 Å². The van der Waals surface area contributed by atoms with Crippen LogP contribution in [0.3, 0.4) is 0 Å². The fourth-order valence-corrected chi connectivity index (χ4v) is 2.93. The lowest BCUT2D eigenvalue weighted by Gasteiger charge is -2.14. The number of carbonyl (C=O) groups is 1. The number of carboxylic acid groups (broad SMARTS) is 1. The molecule has 1 aliphatic heterocycles. The molecule has 3 rings (SSSR count). The van der Waals surface area contributed by atoms with Crippen LogP contribution in [0.2, 0.25) is 0 Å². The van der Waals surface area contributed by atoms with Gasteiger partial charge in [0.15, 0.2) is 0 Å². The summed E-state index contributed by atoms with van der Waals surface area (Å²) in [7, 11) is 0. The molecule has 19 heavy (non-hydrogen) atoms. The van der Waals surface area contributed by atoms with Gasteiger partial charge in [-0.1, -0.05) is 24.3 Å². The van der Waals surface area contributed by atoms with Gasteiger partial charge in [-0.15, -0.1) is 0 Å². The Bertz CT molecular complexity index is 652. The van der Waals surface area contributed by atoms with E-state index < -0.39 is 11.9 Å². The summed E-state index contributed by atoms with van der Waals surface area (Å²) in [5.74, 6) is -0.853. The molecule has 1 heterocycles. The first-order valence-electron chi connectivity index (χ1n) is 5.89. The topological polar surface area (TPSA) is 46.5 Å². The maximum atomic E-state index is 11.7. The minimum absolute atomic E-state index is 0.410. The zero-order valence-electron chi connectivity index (χ0n) is 9.97. The molecular formula is C15H11IO3. The van der Waals surface area contributed by atoms with Crippen molar-refractivity contribution >= 4 is 28.6 Å². The van der Waals surface area contributed by atoms with Crippen molar-refractivity contribution in [2.45, 2.75) is 12.5 Å². The first-order chi connectivity index (χ1) is 9.16. The van der Waals surface area contributed by atoms with Crippen LogP contribution in [0.1, 0.15) is 22.6 Å². The van der Waals surface area contributed by atoms with Gasteiger partial charge in [-0.25, -0.2) is 0 Å². The molecule has 1 N–H and O–H groups in total. The molecule has 3 nitrogen and oxygen atoms in total. The first-order valence-corrected chi connectivity index (χ1v) is 6.97. The van der Waals surface area contributed by atoms with Crippen molar-refractivity contribution in [3.05, 3.63) is 62.7 Å². The Morgan fingerprint density at radius 2 is 2.00 bits per heavy atom. The van der Waals surface area contributed by atoms with Crippen LogP contribution in [0, 0.1) is 3.57 Å². The Morgan fingerprint density at radius 1 is 1.21 bits per heavy atom. The van der Waals surface area contributed by atoms with Gasteiger partial charge < -0.3 is 9.84 Å². The normalized spacial score (nSPS) is 16.8. The van der Waals surface area contributed by atoms with E-state index in [2.05, 4.69) is 22.6 Å². The van der Waals surface area contributed by atoms with E-state index in [1.807, 2.05) is 42.5 Å². The van der Waals surface area contributed by atoms with E-state index in [0.717, 1.165) is 20.3 Å². The van der Waals surface area contributed by atoms with Gasteiger partial charge in [0.05, 0.1) is 0 Å². The predicted molar refractivity (Wildman–Crippen MR) is 79.4 cm³/mol. The summed E-state index contributed by atoms with van der Waals surface area (Å²) >= 11 is 2.18. The highest BCUT2D eigenvalue weighted by atomic mass is 127. The van der Waals surface area contributed by atoms with E-state index >= 15 is 0 Å². The number of fused-ring (bicyclic) bond motifs is 2. The van der Waals surface area contributed by atoms with Gasteiger partial charge >= 0.3 is 5.97 Å². The summed E-state index contributed by atoms with van der Waals surface area (Å²) in [4.78, 5) is 11.7. The van der Waals surface area contributed by atoms with Gasteiger partial charge in [-0.2, -0.15) is 0 Å². The number of halogens is 1. The molecule has 0 amide bonds. The summed E-state index contributed by atoms with van der Waals surface area (Å²) in [5, 5.41) is 9.59. The van der Waals surface area contributed by atoms with Crippen molar-refractivity contribution in [2.75, 3.05) is 0 Å². The van der Waals surface area contributed by atoms with Crippen molar-refractivity contribution in [1.29, 1.82) is 0 Å². The van der Waals surface area contributed by atoms with E-state index in [9.17, 15) is 9.90 Å². The van der Waals surface area contributed by atoms with Gasteiger partial charge in [0.1, 0.15) is 18.3 Å². The summed E-state index contributed by atoms with van der Waals surface area (Å²) in [6.45, 7) is 0.410. The third-order valence-corrected chi connectivity index (χ3v) is 3.95. The van der Waals surface area contributed by atoms with Crippen LogP contribution in [0.4, 0.5) is 0 Å². The Morgan fingerprint density at radius 3 is 2.79 bits per heavy atom. The number of rotatable bonds is 1. The molecule has 96 valence electrons. The van der Waals surface area contributed by atoms with Crippen LogP contribution < -0.4 is 4.74 Å².